The molecule has 3 rings (SSSR count). The Balaban J connectivity index is 1.72. The number of nitrogens with one attached hydrogen (secondary N) is 1. The minimum Gasteiger partial charge on any atom is -0.352 e. The van der Waals surface area contributed by atoms with Gasteiger partial charge in [-0.25, -0.2) is 0 Å². The van der Waals surface area contributed by atoms with Gasteiger partial charge in [-0.05, 0) is 31.4 Å². The molecule has 1 N–H and O–H groups in total. The highest BCUT2D eigenvalue weighted by molar-refractivity contribution is 5.96. The number of hydrogen-bond donors (Lipinski definition) is 1. The van der Waals surface area contributed by atoms with E-state index in [0.29, 0.717) is 12.1 Å². The quantitative estimate of drug-likeness (QED) is 0.733. The molecular formula is C22H25N3O. The summed E-state index contributed by atoms with van der Waals surface area (Å²) in [5.74, 6) is 0.210. The number of rotatable bonds is 6. The van der Waals surface area contributed by atoms with Crippen molar-refractivity contribution in [2.24, 2.45) is 7.05 Å². The predicted octanol–water partition coefficient (Wildman–Crippen LogP) is 3.99. The molecule has 0 saturated heterocycles. The van der Waals surface area contributed by atoms with Crippen LogP contribution in [0, 0.1) is 13.8 Å². The van der Waals surface area contributed by atoms with Crippen molar-refractivity contribution in [3.05, 3.63) is 88.7 Å². The van der Waals surface area contributed by atoms with Crippen LogP contribution >= 0.6 is 0 Å². The number of carbonyl (C=O) groups is 1. The highest BCUT2D eigenvalue weighted by Gasteiger charge is 2.18. The van der Waals surface area contributed by atoms with Crippen LogP contribution in [0.1, 0.15) is 45.2 Å². The van der Waals surface area contributed by atoms with E-state index in [0.717, 1.165) is 17.8 Å². The van der Waals surface area contributed by atoms with Gasteiger partial charge in [0.2, 0.25) is 0 Å². The number of amides is 1. The summed E-state index contributed by atoms with van der Waals surface area (Å²) < 4.78 is 1.75. The summed E-state index contributed by atoms with van der Waals surface area (Å²) in [5.41, 5.74) is 4.87. The molecule has 0 bridgehead atoms. The molecule has 1 aromatic heterocycles. The van der Waals surface area contributed by atoms with Crippen molar-refractivity contribution in [2.75, 3.05) is 6.54 Å². The molecule has 2 aromatic carbocycles. The molecule has 4 nitrogen and oxygen atoms in total. The van der Waals surface area contributed by atoms with Crippen molar-refractivity contribution in [1.29, 1.82) is 0 Å². The van der Waals surface area contributed by atoms with Gasteiger partial charge < -0.3 is 5.32 Å². The Morgan fingerprint density at radius 2 is 1.54 bits per heavy atom. The SMILES string of the molecule is Cc1nn(C)c(C)c1C(=O)NCCC(c1ccccc1)c1ccccc1. The standard InChI is InChI=1S/C22H25N3O/c1-16-21(17(2)25(3)24-16)22(26)23-15-14-20(18-10-6-4-7-11-18)19-12-8-5-9-13-19/h4-13,20H,14-15H2,1-3H3,(H,23,26). The summed E-state index contributed by atoms with van der Waals surface area (Å²) in [6.07, 6.45) is 0.845. The zero-order valence-corrected chi connectivity index (χ0v) is 15.6. The fourth-order valence-electron chi connectivity index (χ4n) is 3.42. The summed E-state index contributed by atoms with van der Waals surface area (Å²) in [4.78, 5) is 12.6. The van der Waals surface area contributed by atoms with Crippen molar-refractivity contribution < 1.29 is 4.79 Å². The minimum absolute atomic E-state index is 0.0482. The van der Waals surface area contributed by atoms with Crippen LogP contribution in [0.25, 0.3) is 0 Å². The molecular weight excluding hydrogens is 322 g/mol. The molecule has 0 aliphatic heterocycles. The fourth-order valence-corrected chi connectivity index (χ4v) is 3.42. The van der Waals surface area contributed by atoms with Gasteiger partial charge in [0.05, 0.1) is 11.3 Å². The van der Waals surface area contributed by atoms with Crippen molar-refractivity contribution in [2.45, 2.75) is 26.2 Å². The third kappa shape index (κ3) is 3.85. The first-order chi connectivity index (χ1) is 12.6. The summed E-state index contributed by atoms with van der Waals surface area (Å²) in [5, 5.41) is 7.40. The van der Waals surface area contributed by atoms with Gasteiger partial charge in [0.1, 0.15) is 0 Å². The van der Waals surface area contributed by atoms with E-state index in [1.807, 2.05) is 33.0 Å². The molecule has 1 heterocycles. The molecule has 0 aliphatic rings. The molecule has 0 unspecified atom stereocenters. The van der Waals surface area contributed by atoms with E-state index < -0.39 is 0 Å². The maximum atomic E-state index is 12.6. The smallest absolute Gasteiger partial charge is 0.255 e. The summed E-state index contributed by atoms with van der Waals surface area (Å²) in [7, 11) is 1.86. The van der Waals surface area contributed by atoms with E-state index in [1.165, 1.54) is 11.1 Å². The van der Waals surface area contributed by atoms with E-state index in [1.54, 1.807) is 4.68 Å². The Labute approximate surface area is 154 Å². The summed E-state index contributed by atoms with van der Waals surface area (Å²) in [6.45, 7) is 4.41. The first-order valence-corrected chi connectivity index (χ1v) is 8.96. The van der Waals surface area contributed by atoms with Crippen LogP contribution in [0.5, 0.6) is 0 Å². The Morgan fingerprint density at radius 3 is 2.00 bits per heavy atom. The molecule has 0 radical (unpaired) electrons. The Morgan fingerprint density at radius 1 is 1.00 bits per heavy atom. The van der Waals surface area contributed by atoms with Crippen LogP contribution < -0.4 is 5.32 Å². The van der Waals surface area contributed by atoms with E-state index in [-0.39, 0.29) is 11.8 Å². The number of hydrogen-bond acceptors (Lipinski definition) is 2. The molecule has 0 atom stereocenters. The third-order valence-corrected chi connectivity index (χ3v) is 4.86. The largest absolute Gasteiger partial charge is 0.352 e. The molecule has 0 saturated carbocycles. The Bertz CT molecular complexity index is 830. The number of benzene rings is 2. The Kier molecular flexibility index (Phi) is 5.52. The number of nitrogens with zero attached hydrogens (tertiary/aromatic N) is 2. The van der Waals surface area contributed by atoms with Gasteiger partial charge in [-0.3, -0.25) is 9.48 Å². The van der Waals surface area contributed by atoms with Crippen LogP contribution in [0.4, 0.5) is 0 Å². The van der Waals surface area contributed by atoms with Gasteiger partial charge in [0.15, 0.2) is 0 Å². The number of aromatic nitrogens is 2. The van der Waals surface area contributed by atoms with Gasteiger partial charge in [0, 0.05) is 25.2 Å². The van der Waals surface area contributed by atoms with Crippen molar-refractivity contribution in [1.82, 2.24) is 15.1 Å². The zero-order valence-electron chi connectivity index (χ0n) is 15.6. The predicted molar refractivity (Wildman–Crippen MR) is 104 cm³/mol. The van der Waals surface area contributed by atoms with Crippen LogP contribution in [-0.2, 0) is 7.05 Å². The third-order valence-electron chi connectivity index (χ3n) is 4.86. The van der Waals surface area contributed by atoms with E-state index >= 15 is 0 Å². The number of carbonyl (C=O) groups excluding carboxylic acids is 1. The molecule has 0 fully saturated rings. The molecule has 134 valence electrons. The molecule has 1 amide bonds. The maximum absolute atomic E-state index is 12.6. The van der Waals surface area contributed by atoms with E-state index in [9.17, 15) is 4.79 Å². The molecule has 26 heavy (non-hydrogen) atoms. The van der Waals surface area contributed by atoms with Crippen LogP contribution in [0.15, 0.2) is 60.7 Å². The molecule has 4 heteroatoms. The average Bonchev–Trinajstić information content (AvgIpc) is 2.92. The second-order valence-electron chi connectivity index (χ2n) is 6.59. The summed E-state index contributed by atoms with van der Waals surface area (Å²) in [6, 6.07) is 20.9. The fraction of sp³-hybridized carbons (Fsp3) is 0.273. The van der Waals surface area contributed by atoms with Gasteiger partial charge in [-0.1, -0.05) is 60.7 Å². The Hall–Kier alpha value is -2.88. The molecule has 0 spiro atoms. The van der Waals surface area contributed by atoms with Crippen LogP contribution in [-0.4, -0.2) is 22.2 Å². The van der Waals surface area contributed by atoms with Gasteiger partial charge in [0.25, 0.3) is 5.91 Å². The lowest BCUT2D eigenvalue weighted by atomic mass is 9.88. The first-order valence-electron chi connectivity index (χ1n) is 8.96. The lowest BCUT2D eigenvalue weighted by Gasteiger charge is -2.18. The summed E-state index contributed by atoms with van der Waals surface area (Å²) >= 11 is 0. The van der Waals surface area contributed by atoms with Gasteiger partial charge in [-0.2, -0.15) is 5.10 Å². The molecule has 0 aliphatic carbocycles. The first kappa shape index (κ1) is 17.9. The van der Waals surface area contributed by atoms with Crippen LogP contribution in [0.2, 0.25) is 0 Å². The monoisotopic (exact) mass is 347 g/mol. The average molecular weight is 347 g/mol. The topological polar surface area (TPSA) is 46.9 Å². The lowest BCUT2D eigenvalue weighted by molar-refractivity contribution is 0.0951. The van der Waals surface area contributed by atoms with Crippen LogP contribution in [0.3, 0.4) is 0 Å². The van der Waals surface area contributed by atoms with Gasteiger partial charge in [-0.15, -0.1) is 0 Å². The van der Waals surface area contributed by atoms with Gasteiger partial charge >= 0.3 is 0 Å². The highest BCUT2D eigenvalue weighted by atomic mass is 16.1. The lowest BCUT2D eigenvalue weighted by Crippen LogP contribution is -2.26. The highest BCUT2D eigenvalue weighted by Crippen LogP contribution is 2.27. The normalized spacial score (nSPS) is 10.9. The van der Waals surface area contributed by atoms with Crippen molar-refractivity contribution in [3.8, 4) is 0 Å². The second kappa shape index (κ2) is 8.00. The van der Waals surface area contributed by atoms with E-state index in [2.05, 4.69) is 58.9 Å². The minimum atomic E-state index is -0.0482. The maximum Gasteiger partial charge on any atom is 0.255 e. The van der Waals surface area contributed by atoms with Crippen molar-refractivity contribution >= 4 is 5.91 Å². The second-order valence-corrected chi connectivity index (χ2v) is 6.59. The number of aryl methyl sites for hydroxylation is 2. The van der Waals surface area contributed by atoms with Crippen molar-refractivity contribution in [3.63, 3.8) is 0 Å². The molecule has 3 aromatic rings. The van der Waals surface area contributed by atoms with E-state index in [4.69, 9.17) is 0 Å². The zero-order chi connectivity index (χ0) is 18.5.